The molecule has 29 heavy (non-hydrogen) atoms. The molecule has 0 aromatic heterocycles. The average molecular weight is 407 g/mol. The van der Waals surface area contributed by atoms with Crippen molar-refractivity contribution in [2.24, 2.45) is 23.7 Å². The molecule has 3 heteroatoms. The van der Waals surface area contributed by atoms with E-state index in [1.165, 1.54) is 76.3 Å². The monoisotopic (exact) mass is 406 g/mol. The highest BCUT2D eigenvalue weighted by Crippen LogP contribution is 2.42. The van der Waals surface area contributed by atoms with Gasteiger partial charge in [-0.25, -0.2) is 0 Å². The lowest BCUT2D eigenvalue weighted by molar-refractivity contribution is -0.137. The van der Waals surface area contributed by atoms with E-state index in [0.717, 1.165) is 36.2 Å². The van der Waals surface area contributed by atoms with Gasteiger partial charge in [0.15, 0.2) is 0 Å². The van der Waals surface area contributed by atoms with Crippen LogP contribution in [0.25, 0.3) is 0 Å². The summed E-state index contributed by atoms with van der Waals surface area (Å²) in [7, 11) is 0. The minimum absolute atomic E-state index is 0.563. The first kappa shape index (κ1) is 22.4. The van der Waals surface area contributed by atoms with Gasteiger partial charge in [0.05, 0.1) is 5.56 Å². The molecule has 0 radical (unpaired) electrons. The van der Waals surface area contributed by atoms with Gasteiger partial charge >= 0.3 is 6.18 Å². The van der Waals surface area contributed by atoms with E-state index in [1.807, 2.05) is 0 Å². The second kappa shape index (κ2) is 10.7. The van der Waals surface area contributed by atoms with Crippen molar-refractivity contribution in [1.29, 1.82) is 0 Å². The van der Waals surface area contributed by atoms with Gasteiger partial charge in [0, 0.05) is 0 Å². The SMILES string of the molecule is CCCC1CCC(C2CCC(/C=C/CCc3ccc(C(F)(F)F)cc3)CC2)CC1. The second-order valence-electron chi connectivity index (χ2n) is 9.41. The van der Waals surface area contributed by atoms with Crippen molar-refractivity contribution in [3.05, 3.63) is 47.5 Å². The van der Waals surface area contributed by atoms with E-state index in [1.54, 1.807) is 12.1 Å². The first-order valence-electron chi connectivity index (χ1n) is 11.8. The van der Waals surface area contributed by atoms with Gasteiger partial charge in [-0.15, -0.1) is 0 Å². The molecule has 1 aromatic rings. The molecule has 162 valence electrons. The van der Waals surface area contributed by atoms with Crippen molar-refractivity contribution in [3.8, 4) is 0 Å². The summed E-state index contributed by atoms with van der Waals surface area (Å²) in [6.07, 6.45) is 16.1. The molecule has 0 bridgehead atoms. The summed E-state index contributed by atoms with van der Waals surface area (Å²) in [4.78, 5) is 0. The Bertz CT molecular complexity index is 612. The molecule has 0 heterocycles. The highest BCUT2D eigenvalue weighted by atomic mass is 19.4. The average Bonchev–Trinajstić information content (AvgIpc) is 2.72. The van der Waals surface area contributed by atoms with Crippen LogP contribution in [0.1, 0.15) is 88.7 Å². The van der Waals surface area contributed by atoms with Crippen LogP contribution < -0.4 is 0 Å². The van der Waals surface area contributed by atoms with Crippen molar-refractivity contribution in [2.45, 2.75) is 90.1 Å². The summed E-state index contributed by atoms with van der Waals surface area (Å²) in [6, 6.07) is 5.60. The Morgan fingerprint density at radius 2 is 1.45 bits per heavy atom. The molecular formula is C26H37F3. The summed E-state index contributed by atoms with van der Waals surface area (Å²) in [6.45, 7) is 2.31. The third-order valence-electron chi connectivity index (χ3n) is 7.36. The van der Waals surface area contributed by atoms with Gasteiger partial charge in [0.1, 0.15) is 0 Å². The van der Waals surface area contributed by atoms with Crippen molar-refractivity contribution in [2.75, 3.05) is 0 Å². The van der Waals surface area contributed by atoms with E-state index < -0.39 is 11.7 Å². The fourth-order valence-electron chi connectivity index (χ4n) is 5.56. The number of hydrogen-bond acceptors (Lipinski definition) is 0. The van der Waals surface area contributed by atoms with Gasteiger partial charge in [-0.2, -0.15) is 13.2 Å². The highest BCUT2D eigenvalue weighted by Gasteiger charge is 2.30. The fraction of sp³-hybridized carbons (Fsp3) is 0.692. The third-order valence-corrected chi connectivity index (χ3v) is 7.36. The molecule has 0 amide bonds. The number of alkyl halides is 3. The van der Waals surface area contributed by atoms with Gasteiger partial charge in [-0.1, -0.05) is 56.9 Å². The van der Waals surface area contributed by atoms with E-state index in [4.69, 9.17) is 0 Å². The van der Waals surface area contributed by atoms with Gasteiger partial charge in [-0.05, 0) is 92.7 Å². The van der Waals surface area contributed by atoms with E-state index in [-0.39, 0.29) is 0 Å². The number of hydrogen-bond donors (Lipinski definition) is 0. The number of rotatable bonds is 7. The van der Waals surface area contributed by atoms with Crippen LogP contribution in [0.3, 0.4) is 0 Å². The third kappa shape index (κ3) is 6.89. The Balaban J connectivity index is 1.34. The molecule has 2 aliphatic carbocycles. The Morgan fingerprint density at radius 1 is 0.862 bits per heavy atom. The molecule has 1 aromatic carbocycles. The Labute approximate surface area is 175 Å². The molecule has 0 nitrogen and oxygen atoms in total. The lowest BCUT2D eigenvalue weighted by Crippen LogP contribution is -2.25. The summed E-state index contributed by atoms with van der Waals surface area (Å²) in [5.41, 5.74) is 0.414. The second-order valence-corrected chi connectivity index (χ2v) is 9.41. The molecule has 2 saturated carbocycles. The van der Waals surface area contributed by atoms with Crippen molar-refractivity contribution in [3.63, 3.8) is 0 Å². The molecule has 0 unspecified atom stereocenters. The highest BCUT2D eigenvalue weighted by molar-refractivity contribution is 5.24. The predicted molar refractivity (Wildman–Crippen MR) is 115 cm³/mol. The summed E-state index contributed by atoms with van der Waals surface area (Å²) < 4.78 is 37.8. The van der Waals surface area contributed by atoms with Gasteiger partial charge in [0.25, 0.3) is 0 Å². The van der Waals surface area contributed by atoms with Crippen LogP contribution in [-0.4, -0.2) is 0 Å². The minimum atomic E-state index is -4.24. The first-order chi connectivity index (χ1) is 14.0. The van der Waals surface area contributed by atoms with E-state index >= 15 is 0 Å². The molecule has 0 N–H and O–H groups in total. The normalized spacial score (nSPS) is 28.7. The van der Waals surface area contributed by atoms with Crippen LogP contribution >= 0.6 is 0 Å². The Morgan fingerprint density at radius 3 is 2.00 bits per heavy atom. The predicted octanol–water partition coefficient (Wildman–Crippen LogP) is 8.61. The van der Waals surface area contributed by atoms with Crippen molar-refractivity contribution in [1.82, 2.24) is 0 Å². The maximum atomic E-state index is 12.6. The Hall–Kier alpha value is -1.25. The lowest BCUT2D eigenvalue weighted by Gasteiger charge is -2.37. The molecule has 0 spiro atoms. The standard InChI is InChI=1S/C26H37F3/c1-2-5-20-8-14-23(15-9-20)24-16-10-21(11-17-24)6-3-4-7-22-12-18-25(19-13-22)26(27,28)29/h3,6,12-13,18-21,23-24H,2,4-5,7-11,14-17H2,1H3/b6-3+. The topological polar surface area (TPSA) is 0 Å². The van der Waals surface area contributed by atoms with E-state index in [2.05, 4.69) is 19.1 Å². The number of allylic oxidation sites excluding steroid dienone is 2. The van der Waals surface area contributed by atoms with Crippen LogP contribution in [-0.2, 0) is 12.6 Å². The fourth-order valence-corrected chi connectivity index (χ4v) is 5.56. The van der Waals surface area contributed by atoms with Crippen molar-refractivity contribution >= 4 is 0 Å². The molecule has 2 fully saturated rings. The van der Waals surface area contributed by atoms with Crippen LogP contribution in [0.5, 0.6) is 0 Å². The number of halogens is 3. The summed E-state index contributed by atoms with van der Waals surface area (Å²) in [5.74, 6) is 3.64. The van der Waals surface area contributed by atoms with Crippen LogP contribution in [0.15, 0.2) is 36.4 Å². The quantitative estimate of drug-likeness (QED) is 0.398. The van der Waals surface area contributed by atoms with Crippen molar-refractivity contribution < 1.29 is 13.2 Å². The number of aryl methyl sites for hydroxylation is 1. The number of benzene rings is 1. The van der Waals surface area contributed by atoms with Gasteiger partial charge in [-0.3, -0.25) is 0 Å². The van der Waals surface area contributed by atoms with Crippen LogP contribution in [0.4, 0.5) is 13.2 Å². The van der Waals surface area contributed by atoms with Crippen LogP contribution in [0.2, 0.25) is 0 Å². The maximum absolute atomic E-state index is 12.6. The molecular weight excluding hydrogens is 369 g/mol. The smallest absolute Gasteiger partial charge is 0.166 e. The van der Waals surface area contributed by atoms with Gasteiger partial charge in [0.2, 0.25) is 0 Å². The molecule has 0 aliphatic heterocycles. The zero-order chi connectivity index (χ0) is 20.7. The van der Waals surface area contributed by atoms with Gasteiger partial charge < -0.3 is 0 Å². The van der Waals surface area contributed by atoms with Crippen LogP contribution in [0, 0.1) is 23.7 Å². The summed E-state index contributed by atoms with van der Waals surface area (Å²) >= 11 is 0. The molecule has 2 aliphatic rings. The molecule has 0 saturated heterocycles. The zero-order valence-corrected chi connectivity index (χ0v) is 17.9. The molecule has 0 atom stereocenters. The first-order valence-corrected chi connectivity index (χ1v) is 11.8. The molecule has 3 rings (SSSR count). The summed E-state index contributed by atoms with van der Waals surface area (Å²) in [5, 5.41) is 0. The van der Waals surface area contributed by atoms with E-state index in [0.29, 0.717) is 5.92 Å². The zero-order valence-electron chi connectivity index (χ0n) is 17.9. The lowest BCUT2D eigenvalue weighted by atomic mass is 9.68. The maximum Gasteiger partial charge on any atom is 0.416 e. The largest absolute Gasteiger partial charge is 0.416 e. The minimum Gasteiger partial charge on any atom is -0.166 e. The Kier molecular flexibility index (Phi) is 8.26. The van der Waals surface area contributed by atoms with E-state index in [9.17, 15) is 13.2 Å².